The van der Waals surface area contributed by atoms with Crippen LogP contribution in [0.5, 0.6) is 11.5 Å². The number of anilines is 1. The Hall–Kier alpha value is -3.09. The van der Waals surface area contributed by atoms with Gasteiger partial charge in [0.2, 0.25) is 5.91 Å². The first-order valence-corrected chi connectivity index (χ1v) is 11.0. The number of hydrogen-bond donors (Lipinski definition) is 1. The first-order chi connectivity index (χ1) is 15.1. The van der Waals surface area contributed by atoms with Gasteiger partial charge in [-0.1, -0.05) is 19.3 Å². The molecule has 1 aromatic heterocycles. The van der Waals surface area contributed by atoms with E-state index in [0.717, 1.165) is 25.7 Å². The van der Waals surface area contributed by atoms with Gasteiger partial charge in [0.1, 0.15) is 13.2 Å². The molecule has 1 atom stereocenters. The summed E-state index contributed by atoms with van der Waals surface area (Å²) in [7, 11) is 0. The molecule has 5 rings (SSSR count). The standard InChI is InChI=1S/C24H27N3O4/c28-22(26-18-4-5-20-21(14-18)31-13-12-30-20)19-15-27(16-24(19)8-2-1-3-9-24)23(29)17-6-10-25-11-7-17/h4-7,10-11,14,19H,1-3,8-9,12-13,15-16H2,(H,26,28). The molecule has 7 heteroatoms. The number of nitrogens with one attached hydrogen (secondary N) is 1. The summed E-state index contributed by atoms with van der Waals surface area (Å²) in [5.74, 6) is 1.07. The molecule has 2 amide bonds. The largest absolute Gasteiger partial charge is 0.486 e. The number of aromatic nitrogens is 1. The third kappa shape index (κ3) is 3.84. The van der Waals surface area contributed by atoms with Crippen LogP contribution >= 0.6 is 0 Å². The van der Waals surface area contributed by atoms with Gasteiger partial charge in [0, 0.05) is 48.2 Å². The highest BCUT2D eigenvalue weighted by atomic mass is 16.6. The Balaban J connectivity index is 1.36. The minimum absolute atomic E-state index is 0.0244. The number of amides is 2. The fraction of sp³-hybridized carbons (Fsp3) is 0.458. The van der Waals surface area contributed by atoms with Crippen molar-refractivity contribution in [2.24, 2.45) is 11.3 Å². The van der Waals surface area contributed by atoms with Crippen molar-refractivity contribution in [3.63, 3.8) is 0 Å². The van der Waals surface area contributed by atoms with Gasteiger partial charge < -0.3 is 19.7 Å². The molecule has 1 saturated heterocycles. The first kappa shape index (κ1) is 19.8. The summed E-state index contributed by atoms with van der Waals surface area (Å²) < 4.78 is 11.2. The Morgan fingerprint density at radius 2 is 1.74 bits per heavy atom. The zero-order valence-electron chi connectivity index (χ0n) is 17.5. The minimum Gasteiger partial charge on any atom is -0.486 e. The molecule has 31 heavy (non-hydrogen) atoms. The van der Waals surface area contributed by atoms with Crippen LogP contribution in [0.2, 0.25) is 0 Å². The van der Waals surface area contributed by atoms with Crippen LogP contribution in [-0.2, 0) is 4.79 Å². The Bertz CT molecular complexity index is 972. The number of carbonyl (C=O) groups is 2. The van der Waals surface area contributed by atoms with Crippen LogP contribution in [0.15, 0.2) is 42.7 Å². The maximum absolute atomic E-state index is 13.4. The molecule has 0 radical (unpaired) electrons. The number of fused-ring (bicyclic) bond motifs is 1. The average molecular weight is 421 g/mol. The summed E-state index contributed by atoms with van der Waals surface area (Å²) in [4.78, 5) is 32.4. The number of nitrogens with zero attached hydrogens (tertiary/aromatic N) is 2. The molecule has 2 aromatic rings. The molecule has 162 valence electrons. The van der Waals surface area contributed by atoms with Crippen molar-refractivity contribution in [2.75, 3.05) is 31.6 Å². The topological polar surface area (TPSA) is 80.8 Å². The summed E-state index contributed by atoms with van der Waals surface area (Å²) in [6.07, 6.45) is 8.61. The maximum Gasteiger partial charge on any atom is 0.254 e. The fourth-order valence-electron chi connectivity index (χ4n) is 5.27. The summed E-state index contributed by atoms with van der Waals surface area (Å²) >= 11 is 0. The van der Waals surface area contributed by atoms with Gasteiger partial charge in [-0.2, -0.15) is 0 Å². The lowest BCUT2D eigenvalue weighted by molar-refractivity contribution is -0.123. The molecule has 2 aliphatic heterocycles. The predicted octanol–water partition coefficient (Wildman–Crippen LogP) is 3.51. The smallest absolute Gasteiger partial charge is 0.254 e. The van der Waals surface area contributed by atoms with Gasteiger partial charge in [0.05, 0.1) is 5.92 Å². The summed E-state index contributed by atoms with van der Waals surface area (Å²) in [6.45, 7) is 2.11. The number of likely N-dealkylation sites (tertiary alicyclic amines) is 1. The van der Waals surface area contributed by atoms with E-state index in [4.69, 9.17) is 9.47 Å². The molecule has 1 aromatic carbocycles. The highest BCUT2D eigenvalue weighted by Crippen LogP contribution is 2.48. The van der Waals surface area contributed by atoms with Gasteiger partial charge in [-0.05, 0) is 37.1 Å². The second-order valence-corrected chi connectivity index (χ2v) is 8.74. The third-order valence-corrected chi connectivity index (χ3v) is 6.84. The van der Waals surface area contributed by atoms with Gasteiger partial charge in [-0.25, -0.2) is 0 Å². The number of ether oxygens (including phenoxy) is 2. The van der Waals surface area contributed by atoms with Gasteiger partial charge in [-0.15, -0.1) is 0 Å². The molecular formula is C24H27N3O4. The van der Waals surface area contributed by atoms with Crippen molar-refractivity contribution in [3.05, 3.63) is 48.3 Å². The van der Waals surface area contributed by atoms with E-state index in [1.54, 1.807) is 24.5 Å². The number of pyridine rings is 1. The molecule has 3 aliphatic rings. The van der Waals surface area contributed by atoms with Crippen molar-refractivity contribution in [1.29, 1.82) is 0 Å². The highest BCUT2D eigenvalue weighted by molar-refractivity contribution is 5.97. The van der Waals surface area contributed by atoms with Crippen molar-refractivity contribution in [2.45, 2.75) is 32.1 Å². The van der Waals surface area contributed by atoms with E-state index in [9.17, 15) is 9.59 Å². The van der Waals surface area contributed by atoms with Crippen molar-refractivity contribution < 1.29 is 19.1 Å². The second kappa shape index (κ2) is 8.21. The van der Waals surface area contributed by atoms with E-state index in [1.807, 2.05) is 23.1 Å². The lowest BCUT2D eigenvalue weighted by Crippen LogP contribution is -2.39. The Morgan fingerprint density at radius 3 is 2.52 bits per heavy atom. The molecule has 1 spiro atoms. The highest BCUT2D eigenvalue weighted by Gasteiger charge is 2.51. The lowest BCUT2D eigenvalue weighted by Gasteiger charge is -2.37. The summed E-state index contributed by atoms with van der Waals surface area (Å²) in [5, 5.41) is 3.08. The number of hydrogen-bond acceptors (Lipinski definition) is 5. The van der Waals surface area contributed by atoms with Crippen molar-refractivity contribution in [3.8, 4) is 11.5 Å². The fourth-order valence-corrected chi connectivity index (χ4v) is 5.27. The summed E-state index contributed by atoms with van der Waals surface area (Å²) in [6, 6.07) is 8.95. The quantitative estimate of drug-likeness (QED) is 0.820. The van der Waals surface area contributed by atoms with E-state index >= 15 is 0 Å². The number of benzene rings is 1. The van der Waals surface area contributed by atoms with Gasteiger partial charge in [0.25, 0.3) is 5.91 Å². The van der Waals surface area contributed by atoms with Crippen LogP contribution in [0.1, 0.15) is 42.5 Å². The maximum atomic E-state index is 13.4. The molecule has 1 saturated carbocycles. The SMILES string of the molecule is O=C(Nc1ccc2c(c1)OCCO2)C1CN(C(=O)c2ccncc2)CC12CCCCC2. The monoisotopic (exact) mass is 421 g/mol. The molecule has 1 N–H and O–H groups in total. The Labute approximate surface area is 181 Å². The Morgan fingerprint density at radius 1 is 1.00 bits per heavy atom. The first-order valence-electron chi connectivity index (χ1n) is 11.0. The zero-order chi connectivity index (χ0) is 21.3. The third-order valence-electron chi connectivity index (χ3n) is 6.84. The molecule has 7 nitrogen and oxygen atoms in total. The van der Waals surface area contributed by atoms with Gasteiger partial charge in [0.15, 0.2) is 11.5 Å². The van der Waals surface area contributed by atoms with E-state index in [0.29, 0.717) is 49.1 Å². The van der Waals surface area contributed by atoms with Crippen molar-refractivity contribution in [1.82, 2.24) is 9.88 Å². The molecule has 3 heterocycles. The predicted molar refractivity (Wildman–Crippen MR) is 115 cm³/mol. The lowest BCUT2D eigenvalue weighted by atomic mass is 9.67. The van der Waals surface area contributed by atoms with Crippen LogP contribution in [0, 0.1) is 11.3 Å². The molecular weight excluding hydrogens is 394 g/mol. The molecule has 1 aliphatic carbocycles. The minimum atomic E-state index is -0.230. The number of carbonyl (C=O) groups excluding carboxylic acids is 2. The average Bonchev–Trinajstić information content (AvgIpc) is 3.18. The molecule has 1 unspecified atom stereocenters. The van der Waals surface area contributed by atoms with Crippen LogP contribution in [0.3, 0.4) is 0 Å². The zero-order valence-corrected chi connectivity index (χ0v) is 17.5. The van der Waals surface area contributed by atoms with Crippen LogP contribution in [-0.4, -0.2) is 48.0 Å². The van der Waals surface area contributed by atoms with Gasteiger partial charge in [-0.3, -0.25) is 14.6 Å². The van der Waals surface area contributed by atoms with E-state index in [2.05, 4.69) is 10.3 Å². The van der Waals surface area contributed by atoms with Crippen LogP contribution in [0.25, 0.3) is 0 Å². The normalized spacial score (nSPS) is 21.7. The molecule has 0 bridgehead atoms. The van der Waals surface area contributed by atoms with E-state index < -0.39 is 0 Å². The van der Waals surface area contributed by atoms with E-state index in [1.165, 1.54) is 6.42 Å². The van der Waals surface area contributed by atoms with Gasteiger partial charge >= 0.3 is 0 Å². The van der Waals surface area contributed by atoms with Crippen molar-refractivity contribution >= 4 is 17.5 Å². The molecule has 2 fully saturated rings. The van der Waals surface area contributed by atoms with Crippen LogP contribution in [0.4, 0.5) is 5.69 Å². The van der Waals surface area contributed by atoms with E-state index in [-0.39, 0.29) is 23.1 Å². The Kier molecular flexibility index (Phi) is 5.26. The summed E-state index contributed by atoms with van der Waals surface area (Å²) in [5.41, 5.74) is 1.16. The second-order valence-electron chi connectivity index (χ2n) is 8.74. The number of rotatable bonds is 3. The van der Waals surface area contributed by atoms with Crippen LogP contribution < -0.4 is 14.8 Å².